The second-order valence-electron chi connectivity index (χ2n) is 8.30. The van der Waals surface area contributed by atoms with Crippen LogP contribution in [-0.4, -0.2) is 75.3 Å². The number of piperidine rings is 1. The number of hydrogen-bond acceptors (Lipinski definition) is 3. The second kappa shape index (κ2) is 11.0. The fourth-order valence-electron chi connectivity index (χ4n) is 3.51. The third-order valence-corrected chi connectivity index (χ3v) is 5.04. The van der Waals surface area contributed by atoms with Crippen LogP contribution in [0.1, 0.15) is 46.5 Å². The van der Waals surface area contributed by atoms with E-state index in [4.69, 9.17) is 9.73 Å². The minimum atomic E-state index is 0.695. The van der Waals surface area contributed by atoms with Crippen LogP contribution in [0.15, 0.2) is 4.99 Å². The topological polar surface area (TPSA) is 40.1 Å². The van der Waals surface area contributed by atoms with Crippen molar-refractivity contribution in [1.29, 1.82) is 0 Å². The van der Waals surface area contributed by atoms with Gasteiger partial charge in [-0.3, -0.25) is 4.99 Å². The van der Waals surface area contributed by atoms with Crippen LogP contribution < -0.4 is 5.32 Å². The third kappa shape index (κ3) is 8.41. The van der Waals surface area contributed by atoms with E-state index in [2.05, 4.69) is 42.9 Å². The standard InChI is InChI=1S/C20H40N4O/c1-5-21-20(23(4)11-12-25-16-18-8-9-18)22-13-19-7-6-10-24(15-19)14-17(2)3/h17-19H,5-16H2,1-4H3,(H,21,22). The first kappa shape index (κ1) is 20.5. The monoisotopic (exact) mass is 352 g/mol. The third-order valence-electron chi connectivity index (χ3n) is 5.04. The first-order chi connectivity index (χ1) is 12.1. The predicted molar refractivity (Wildman–Crippen MR) is 106 cm³/mol. The number of ether oxygens (including phenoxy) is 1. The van der Waals surface area contributed by atoms with Gasteiger partial charge in [-0.05, 0) is 56.9 Å². The fraction of sp³-hybridized carbons (Fsp3) is 0.950. The Hall–Kier alpha value is -0.810. The summed E-state index contributed by atoms with van der Waals surface area (Å²) in [5, 5.41) is 3.43. The number of rotatable bonds is 10. The van der Waals surface area contributed by atoms with E-state index in [1.807, 2.05) is 0 Å². The molecule has 2 fully saturated rings. The van der Waals surface area contributed by atoms with Crippen molar-refractivity contribution >= 4 is 5.96 Å². The first-order valence-electron chi connectivity index (χ1n) is 10.4. The van der Waals surface area contributed by atoms with Crippen LogP contribution in [-0.2, 0) is 4.74 Å². The molecule has 1 atom stereocenters. The Balaban J connectivity index is 1.74. The molecule has 1 heterocycles. The van der Waals surface area contributed by atoms with E-state index < -0.39 is 0 Å². The molecule has 0 amide bonds. The molecule has 1 saturated heterocycles. The SMILES string of the molecule is CCNC(=NCC1CCCN(CC(C)C)C1)N(C)CCOCC1CC1. The first-order valence-corrected chi connectivity index (χ1v) is 10.4. The van der Waals surface area contributed by atoms with Crippen molar-refractivity contribution in [1.82, 2.24) is 15.1 Å². The lowest BCUT2D eigenvalue weighted by Crippen LogP contribution is -2.42. The molecule has 1 unspecified atom stereocenters. The van der Waals surface area contributed by atoms with Crippen molar-refractivity contribution < 1.29 is 4.74 Å². The summed E-state index contributed by atoms with van der Waals surface area (Å²) in [5.41, 5.74) is 0. The highest BCUT2D eigenvalue weighted by atomic mass is 16.5. The maximum Gasteiger partial charge on any atom is 0.193 e. The number of likely N-dealkylation sites (N-methyl/N-ethyl adjacent to an activating group) is 1. The van der Waals surface area contributed by atoms with Gasteiger partial charge in [0, 0.05) is 46.4 Å². The van der Waals surface area contributed by atoms with E-state index >= 15 is 0 Å². The van der Waals surface area contributed by atoms with E-state index in [-0.39, 0.29) is 0 Å². The minimum Gasteiger partial charge on any atom is -0.379 e. The molecule has 0 aromatic heterocycles. The van der Waals surface area contributed by atoms with E-state index in [9.17, 15) is 0 Å². The molecule has 2 aliphatic rings. The summed E-state index contributed by atoms with van der Waals surface area (Å²) < 4.78 is 5.77. The zero-order valence-electron chi connectivity index (χ0n) is 17.0. The van der Waals surface area contributed by atoms with Crippen molar-refractivity contribution in [2.24, 2.45) is 22.7 Å². The molecule has 1 N–H and O–H groups in total. The number of hydrogen-bond donors (Lipinski definition) is 1. The maximum absolute atomic E-state index is 5.77. The zero-order chi connectivity index (χ0) is 18.1. The molecule has 146 valence electrons. The van der Waals surface area contributed by atoms with Crippen LogP contribution >= 0.6 is 0 Å². The smallest absolute Gasteiger partial charge is 0.193 e. The van der Waals surface area contributed by atoms with Crippen LogP contribution in [0.3, 0.4) is 0 Å². The summed E-state index contributed by atoms with van der Waals surface area (Å²) in [4.78, 5) is 9.76. The van der Waals surface area contributed by atoms with Gasteiger partial charge in [-0.15, -0.1) is 0 Å². The second-order valence-corrected chi connectivity index (χ2v) is 8.30. The van der Waals surface area contributed by atoms with Gasteiger partial charge in [0.2, 0.25) is 0 Å². The minimum absolute atomic E-state index is 0.695. The summed E-state index contributed by atoms with van der Waals surface area (Å²) in [5.74, 6) is 3.31. The molecule has 5 heteroatoms. The molecule has 1 saturated carbocycles. The molecule has 25 heavy (non-hydrogen) atoms. The fourth-order valence-corrected chi connectivity index (χ4v) is 3.51. The Morgan fingerprint density at radius 2 is 2.08 bits per heavy atom. The molecule has 1 aliphatic heterocycles. The lowest BCUT2D eigenvalue weighted by atomic mass is 9.97. The van der Waals surface area contributed by atoms with Gasteiger partial charge in [0.1, 0.15) is 0 Å². The highest BCUT2D eigenvalue weighted by Crippen LogP contribution is 2.28. The highest BCUT2D eigenvalue weighted by molar-refractivity contribution is 5.79. The number of nitrogens with zero attached hydrogens (tertiary/aromatic N) is 3. The molecule has 2 rings (SSSR count). The number of nitrogens with one attached hydrogen (secondary N) is 1. The van der Waals surface area contributed by atoms with Gasteiger partial charge in [0.25, 0.3) is 0 Å². The van der Waals surface area contributed by atoms with E-state index in [0.717, 1.165) is 50.6 Å². The average Bonchev–Trinajstić information content (AvgIpc) is 3.39. The van der Waals surface area contributed by atoms with E-state index in [1.54, 1.807) is 0 Å². The summed E-state index contributed by atoms with van der Waals surface area (Å²) >= 11 is 0. The van der Waals surface area contributed by atoms with Crippen molar-refractivity contribution in [3.63, 3.8) is 0 Å². The lowest BCUT2D eigenvalue weighted by Gasteiger charge is -2.33. The van der Waals surface area contributed by atoms with Crippen molar-refractivity contribution in [2.45, 2.75) is 46.5 Å². The zero-order valence-corrected chi connectivity index (χ0v) is 17.0. The summed E-state index contributed by atoms with van der Waals surface area (Å²) in [6, 6.07) is 0. The summed E-state index contributed by atoms with van der Waals surface area (Å²) in [6.07, 6.45) is 5.34. The molecule has 5 nitrogen and oxygen atoms in total. The van der Waals surface area contributed by atoms with Crippen LogP contribution in [0.25, 0.3) is 0 Å². The number of likely N-dealkylation sites (tertiary alicyclic amines) is 1. The van der Waals surface area contributed by atoms with Gasteiger partial charge in [0.15, 0.2) is 5.96 Å². The normalized spacial score (nSPS) is 22.4. The van der Waals surface area contributed by atoms with Crippen LogP contribution in [0.5, 0.6) is 0 Å². The molecular weight excluding hydrogens is 312 g/mol. The van der Waals surface area contributed by atoms with E-state index in [1.165, 1.54) is 45.3 Å². The Morgan fingerprint density at radius 3 is 2.76 bits per heavy atom. The molecular formula is C20H40N4O. The van der Waals surface area contributed by atoms with Gasteiger partial charge >= 0.3 is 0 Å². The quantitative estimate of drug-likeness (QED) is 0.373. The van der Waals surface area contributed by atoms with Gasteiger partial charge < -0.3 is 19.9 Å². The lowest BCUT2D eigenvalue weighted by molar-refractivity contribution is 0.115. The molecule has 0 aromatic carbocycles. The Bertz CT molecular complexity index is 395. The summed E-state index contributed by atoms with van der Waals surface area (Å²) in [6.45, 7) is 14.9. The largest absolute Gasteiger partial charge is 0.379 e. The molecule has 0 aromatic rings. The number of aliphatic imine (C=N–C) groups is 1. The molecule has 0 spiro atoms. The van der Waals surface area contributed by atoms with E-state index in [0.29, 0.717) is 5.92 Å². The highest BCUT2D eigenvalue weighted by Gasteiger charge is 2.22. The Morgan fingerprint density at radius 1 is 1.28 bits per heavy atom. The number of guanidine groups is 1. The van der Waals surface area contributed by atoms with Gasteiger partial charge in [0.05, 0.1) is 6.61 Å². The van der Waals surface area contributed by atoms with Crippen molar-refractivity contribution in [3.05, 3.63) is 0 Å². The van der Waals surface area contributed by atoms with Crippen LogP contribution in [0.4, 0.5) is 0 Å². The Kier molecular flexibility index (Phi) is 9.04. The van der Waals surface area contributed by atoms with Gasteiger partial charge in [-0.2, -0.15) is 0 Å². The van der Waals surface area contributed by atoms with Gasteiger partial charge in [-0.25, -0.2) is 0 Å². The van der Waals surface area contributed by atoms with Gasteiger partial charge in [-0.1, -0.05) is 13.8 Å². The Labute approximate surface area is 155 Å². The molecule has 0 radical (unpaired) electrons. The maximum atomic E-state index is 5.77. The van der Waals surface area contributed by atoms with Crippen molar-refractivity contribution in [3.8, 4) is 0 Å². The van der Waals surface area contributed by atoms with Crippen LogP contribution in [0.2, 0.25) is 0 Å². The molecule has 1 aliphatic carbocycles. The van der Waals surface area contributed by atoms with Crippen LogP contribution in [0, 0.1) is 17.8 Å². The van der Waals surface area contributed by atoms with Crippen molar-refractivity contribution in [2.75, 3.05) is 59.5 Å². The molecule has 0 bridgehead atoms. The summed E-state index contributed by atoms with van der Waals surface area (Å²) in [7, 11) is 2.12. The predicted octanol–water partition coefficient (Wildman–Crippen LogP) is 2.68. The average molecular weight is 353 g/mol.